The van der Waals surface area contributed by atoms with Gasteiger partial charge in [0.25, 0.3) is 5.91 Å². The van der Waals surface area contributed by atoms with Crippen molar-refractivity contribution in [2.75, 3.05) is 19.7 Å². The first-order valence-electron chi connectivity index (χ1n) is 6.69. The predicted molar refractivity (Wildman–Crippen MR) is 87.7 cm³/mol. The van der Waals surface area contributed by atoms with Crippen LogP contribution in [-0.2, 0) is 4.79 Å². The Morgan fingerprint density at radius 3 is 2.50 bits per heavy atom. The molecule has 0 atom stereocenters. The highest BCUT2D eigenvalue weighted by Gasteiger charge is 2.41. The van der Waals surface area contributed by atoms with Gasteiger partial charge in [0.1, 0.15) is 5.75 Å². The van der Waals surface area contributed by atoms with Gasteiger partial charge in [-0.3, -0.25) is 4.79 Å². The van der Waals surface area contributed by atoms with Crippen LogP contribution < -0.4 is 4.74 Å². The summed E-state index contributed by atoms with van der Waals surface area (Å²) in [5.41, 5.74) is 0. The highest BCUT2D eigenvalue weighted by molar-refractivity contribution is 14.1. The SMILES string of the molecule is O=C(COc1cc(Br)cc(I)c1)N1CCC(C(F)(F)F)CC1. The van der Waals surface area contributed by atoms with Crippen molar-refractivity contribution < 1.29 is 22.7 Å². The maximum atomic E-state index is 12.6. The smallest absolute Gasteiger partial charge is 0.391 e. The molecule has 0 aliphatic carbocycles. The summed E-state index contributed by atoms with van der Waals surface area (Å²) >= 11 is 5.46. The quantitative estimate of drug-likeness (QED) is 0.592. The number of likely N-dealkylation sites (tertiary alicyclic amines) is 1. The normalized spacial score (nSPS) is 16.7. The molecule has 0 spiro atoms. The fraction of sp³-hybridized carbons (Fsp3) is 0.500. The molecule has 3 nitrogen and oxygen atoms in total. The summed E-state index contributed by atoms with van der Waals surface area (Å²) in [6.07, 6.45) is -4.24. The second-order valence-electron chi connectivity index (χ2n) is 5.09. The van der Waals surface area contributed by atoms with Gasteiger partial charge in [0.05, 0.1) is 5.92 Å². The van der Waals surface area contributed by atoms with Gasteiger partial charge in [-0.1, -0.05) is 15.9 Å². The number of benzene rings is 1. The standard InChI is InChI=1S/C14H14BrF3INO2/c15-10-5-11(19)7-12(6-10)22-8-13(21)20-3-1-9(2-4-20)14(16,17)18/h5-7,9H,1-4,8H2. The number of amides is 1. The zero-order valence-corrected chi connectivity index (χ0v) is 15.2. The summed E-state index contributed by atoms with van der Waals surface area (Å²) < 4.78 is 45.0. The summed E-state index contributed by atoms with van der Waals surface area (Å²) in [6.45, 7) is 0.0913. The molecule has 0 radical (unpaired) electrons. The Bertz CT molecular complexity index is 525. The van der Waals surface area contributed by atoms with Gasteiger partial charge in [-0.15, -0.1) is 0 Å². The summed E-state index contributed by atoms with van der Waals surface area (Å²) in [6, 6.07) is 5.43. The van der Waals surface area contributed by atoms with Gasteiger partial charge in [-0.05, 0) is 53.6 Å². The zero-order valence-electron chi connectivity index (χ0n) is 11.5. The molecule has 2 rings (SSSR count). The zero-order chi connectivity index (χ0) is 16.3. The molecule has 1 aliphatic rings. The van der Waals surface area contributed by atoms with Gasteiger partial charge in [-0.25, -0.2) is 0 Å². The van der Waals surface area contributed by atoms with E-state index in [9.17, 15) is 18.0 Å². The minimum Gasteiger partial charge on any atom is -0.484 e. The average Bonchev–Trinajstić information content (AvgIpc) is 2.43. The summed E-state index contributed by atoms with van der Waals surface area (Å²) in [4.78, 5) is 13.4. The van der Waals surface area contributed by atoms with Crippen LogP contribution in [0.1, 0.15) is 12.8 Å². The minimum atomic E-state index is -4.17. The van der Waals surface area contributed by atoms with E-state index in [-0.39, 0.29) is 38.4 Å². The molecule has 1 aromatic carbocycles. The maximum Gasteiger partial charge on any atom is 0.391 e. The van der Waals surface area contributed by atoms with Gasteiger partial charge in [0.2, 0.25) is 0 Å². The van der Waals surface area contributed by atoms with E-state index in [4.69, 9.17) is 4.74 Å². The summed E-state index contributed by atoms with van der Waals surface area (Å²) in [5.74, 6) is -1.03. The topological polar surface area (TPSA) is 29.5 Å². The van der Waals surface area contributed by atoms with E-state index in [0.717, 1.165) is 8.04 Å². The molecule has 1 heterocycles. The van der Waals surface area contributed by atoms with Crippen LogP contribution in [-0.4, -0.2) is 36.7 Å². The van der Waals surface area contributed by atoms with Crippen molar-refractivity contribution in [3.63, 3.8) is 0 Å². The first kappa shape index (κ1) is 17.8. The first-order chi connectivity index (χ1) is 10.3. The molecular weight excluding hydrogens is 478 g/mol. The van der Waals surface area contributed by atoms with E-state index in [1.165, 1.54) is 4.90 Å². The third-order valence-electron chi connectivity index (χ3n) is 3.51. The van der Waals surface area contributed by atoms with Crippen molar-refractivity contribution in [3.8, 4) is 5.75 Å². The van der Waals surface area contributed by atoms with Crippen LogP contribution in [0.15, 0.2) is 22.7 Å². The number of carbonyl (C=O) groups excluding carboxylic acids is 1. The third-order valence-corrected chi connectivity index (χ3v) is 4.59. The molecule has 1 aromatic rings. The first-order valence-corrected chi connectivity index (χ1v) is 8.56. The van der Waals surface area contributed by atoms with E-state index in [1.54, 1.807) is 12.1 Å². The highest BCUT2D eigenvalue weighted by atomic mass is 127. The fourth-order valence-corrected chi connectivity index (χ4v) is 3.85. The van der Waals surface area contributed by atoms with Crippen molar-refractivity contribution in [3.05, 3.63) is 26.2 Å². The van der Waals surface area contributed by atoms with Crippen molar-refractivity contribution in [2.24, 2.45) is 5.92 Å². The lowest BCUT2D eigenvalue weighted by Crippen LogP contribution is -2.43. The molecule has 22 heavy (non-hydrogen) atoms. The molecular formula is C14H14BrF3INO2. The van der Waals surface area contributed by atoms with Crippen LogP contribution in [0.25, 0.3) is 0 Å². The summed E-state index contributed by atoms with van der Waals surface area (Å²) in [7, 11) is 0. The molecule has 0 aromatic heterocycles. The number of halogens is 5. The average molecular weight is 492 g/mol. The number of alkyl halides is 3. The molecule has 1 saturated heterocycles. The van der Waals surface area contributed by atoms with Gasteiger partial charge in [0, 0.05) is 21.1 Å². The fourth-order valence-electron chi connectivity index (χ4n) is 2.30. The second kappa shape index (κ2) is 7.37. The van der Waals surface area contributed by atoms with E-state index >= 15 is 0 Å². The Hall–Kier alpha value is -0.510. The second-order valence-corrected chi connectivity index (χ2v) is 7.25. The predicted octanol–water partition coefficient (Wildman–Crippen LogP) is 4.23. The van der Waals surface area contributed by atoms with Crippen molar-refractivity contribution >= 4 is 44.4 Å². The lowest BCUT2D eigenvalue weighted by molar-refractivity contribution is -0.186. The van der Waals surface area contributed by atoms with Gasteiger partial charge in [0.15, 0.2) is 6.61 Å². The largest absolute Gasteiger partial charge is 0.484 e. The van der Waals surface area contributed by atoms with Crippen LogP contribution in [0, 0.1) is 9.49 Å². The number of ether oxygens (including phenoxy) is 1. The van der Waals surface area contributed by atoms with Crippen LogP contribution in [0.3, 0.4) is 0 Å². The minimum absolute atomic E-state index is 0.0377. The van der Waals surface area contributed by atoms with Gasteiger partial charge >= 0.3 is 6.18 Å². The molecule has 1 aliphatic heterocycles. The molecule has 0 saturated carbocycles. The molecule has 122 valence electrons. The van der Waals surface area contributed by atoms with Crippen LogP contribution in [0.4, 0.5) is 13.2 Å². The maximum absolute atomic E-state index is 12.6. The number of nitrogens with zero attached hydrogens (tertiary/aromatic N) is 1. The van der Waals surface area contributed by atoms with Crippen LogP contribution in [0.2, 0.25) is 0 Å². The van der Waals surface area contributed by atoms with E-state index in [1.807, 2.05) is 6.07 Å². The van der Waals surface area contributed by atoms with Crippen molar-refractivity contribution in [1.82, 2.24) is 4.90 Å². The van der Waals surface area contributed by atoms with Gasteiger partial charge < -0.3 is 9.64 Å². The molecule has 8 heteroatoms. The Morgan fingerprint density at radius 1 is 1.32 bits per heavy atom. The molecule has 0 bridgehead atoms. The van der Waals surface area contributed by atoms with Gasteiger partial charge in [-0.2, -0.15) is 13.2 Å². The molecule has 1 amide bonds. The number of hydrogen-bond acceptors (Lipinski definition) is 2. The Morgan fingerprint density at radius 2 is 1.95 bits per heavy atom. The Kier molecular flexibility index (Phi) is 5.98. The van der Waals surface area contributed by atoms with Crippen molar-refractivity contribution in [1.29, 1.82) is 0 Å². The number of rotatable bonds is 3. The Balaban J connectivity index is 1.83. The lowest BCUT2D eigenvalue weighted by Gasteiger charge is -2.32. The number of hydrogen-bond donors (Lipinski definition) is 0. The Labute approximate surface area is 148 Å². The van der Waals surface area contributed by atoms with Crippen LogP contribution >= 0.6 is 38.5 Å². The van der Waals surface area contributed by atoms with E-state index < -0.39 is 12.1 Å². The van der Waals surface area contributed by atoms with Crippen LogP contribution in [0.5, 0.6) is 5.75 Å². The van der Waals surface area contributed by atoms with E-state index in [2.05, 4.69) is 38.5 Å². The monoisotopic (exact) mass is 491 g/mol. The molecule has 0 N–H and O–H groups in total. The number of carbonyl (C=O) groups is 1. The third kappa shape index (κ3) is 5.00. The van der Waals surface area contributed by atoms with E-state index in [0.29, 0.717) is 5.75 Å². The lowest BCUT2D eigenvalue weighted by atomic mass is 9.96. The van der Waals surface area contributed by atoms with Crippen molar-refractivity contribution in [2.45, 2.75) is 19.0 Å². The molecule has 1 fully saturated rings. The molecule has 0 unspecified atom stereocenters. The highest BCUT2D eigenvalue weighted by Crippen LogP contribution is 2.34. The number of piperidine rings is 1. The summed E-state index contributed by atoms with van der Waals surface area (Å²) in [5, 5.41) is 0.